The molecule has 0 bridgehead atoms. The van der Waals surface area contributed by atoms with Crippen molar-refractivity contribution in [1.29, 1.82) is 0 Å². The monoisotopic (exact) mass is 1030 g/mol. The van der Waals surface area contributed by atoms with Crippen LogP contribution in [0.15, 0.2) is 97.2 Å². The van der Waals surface area contributed by atoms with Gasteiger partial charge in [0.15, 0.2) is 6.10 Å². The summed E-state index contributed by atoms with van der Waals surface area (Å²) in [5, 5.41) is 0. The van der Waals surface area contributed by atoms with Crippen molar-refractivity contribution < 1.29 is 28.6 Å². The van der Waals surface area contributed by atoms with Crippen molar-refractivity contribution in [2.45, 2.75) is 303 Å². The van der Waals surface area contributed by atoms with Crippen molar-refractivity contribution in [3.63, 3.8) is 0 Å². The first-order valence-electron chi connectivity index (χ1n) is 31.2. The van der Waals surface area contributed by atoms with Crippen LogP contribution in [-0.2, 0) is 28.6 Å². The summed E-state index contributed by atoms with van der Waals surface area (Å²) in [6.45, 7) is 6.41. The molecule has 0 rings (SSSR count). The maximum atomic E-state index is 12.8. The zero-order valence-corrected chi connectivity index (χ0v) is 48.6. The van der Waals surface area contributed by atoms with E-state index in [-0.39, 0.29) is 37.5 Å². The third-order valence-electron chi connectivity index (χ3n) is 13.3. The third-order valence-corrected chi connectivity index (χ3v) is 13.3. The molecule has 0 saturated heterocycles. The summed E-state index contributed by atoms with van der Waals surface area (Å²) in [5.74, 6) is -0.998. The molecule has 1 atom stereocenters. The summed E-state index contributed by atoms with van der Waals surface area (Å²) in [7, 11) is 0. The Labute approximate surface area is 457 Å². The number of carbonyl (C=O) groups excluding carboxylic acids is 3. The van der Waals surface area contributed by atoms with Crippen LogP contribution in [0.2, 0.25) is 0 Å². The van der Waals surface area contributed by atoms with E-state index in [4.69, 9.17) is 14.2 Å². The van der Waals surface area contributed by atoms with Crippen LogP contribution in [0.1, 0.15) is 297 Å². The number of rotatable bonds is 56. The molecule has 0 aliphatic carbocycles. The second-order valence-electron chi connectivity index (χ2n) is 20.6. The van der Waals surface area contributed by atoms with Crippen LogP contribution in [0.3, 0.4) is 0 Å². The number of unbranched alkanes of at least 4 members (excludes halogenated alkanes) is 29. The van der Waals surface area contributed by atoms with Gasteiger partial charge in [-0.1, -0.05) is 272 Å². The summed E-state index contributed by atoms with van der Waals surface area (Å²) in [4.78, 5) is 38.1. The van der Waals surface area contributed by atoms with Gasteiger partial charge in [-0.2, -0.15) is 0 Å². The molecule has 0 fully saturated rings. The average molecular weight is 1030 g/mol. The fraction of sp³-hybridized carbons (Fsp3) is 0.721. The quantitative estimate of drug-likeness (QED) is 0.0261. The number of hydrogen-bond acceptors (Lipinski definition) is 6. The molecule has 6 nitrogen and oxygen atoms in total. The van der Waals surface area contributed by atoms with E-state index in [0.717, 1.165) is 96.3 Å². The molecule has 0 radical (unpaired) electrons. The first-order chi connectivity index (χ1) is 36.5. The minimum Gasteiger partial charge on any atom is -0.462 e. The van der Waals surface area contributed by atoms with E-state index >= 15 is 0 Å². The third kappa shape index (κ3) is 59.2. The lowest BCUT2D eigenvalue weighted by atomic mass is 10.0. The first-order valence-corrected chi connectivity index (χ1v) is 31.2. The van der Waals surface area contributed by atoms with Gasteiger partial charge in [0.25, 0.3) is 0 Å². The van der Waals surface area contributed by atoms with Crippen LogP contribution in [0.5, 0.6) is 0 Å². The summed E-state index contributed by atoms with van der Waals surface area (Å²) in [5.41, 5.74) is 0. The summed E-state index contributed by atoms with van der Waals surface area (Å²) < 4.78 is 16.8. The van der Waals surface area contributed by atoms with Crippen molar-refractivity contribution in [2.75, 3.05) is 13.2 Å². The molecule has 0 aliphatic rings. The van der Waals surface area contributed by atoms with E-state index in [1.807, 2.05) is 6.08 Å². The van der Waals surface area contributed by atoms with Gasteiger partial charge in [-0.05, 0) is 103 Å². The highest BCUT2D eigenvalue weighted by Gasteiger charge is 2.19. The molecule has 1 unspecified atom stereocenters. The summed E-state index contributed by atoms with van der Waals surface area (Å²) >= 11 is 0. The van der Waals surface area contributed by atoms with Gasteiger partial charge in [-0.3, -0.25) is 14.4 Å². The molecular weight excluding hydrogens is 913 g/mol. The topological polar surface area (TPSA) is 78.9 Å². The highest BCUT2D eigenvalue weighted by molar-refractivity contribution is 5.71. The Morgan fingerprint density at radius 2 is 0.568 bits per heavy atom. The number of allylic oxidation sites excluding steroid dienone is 16. The summed E-state index contributed by atoms with van der Waals surface area (Å²) in [6, 6.07) is 0. The number of esters is 3. The molecule has 0 aromatic carbocycles. The molecule has 0 spiro atoms. The SMILES string of the molecule is CC/C=C\C/C=C\C/C=C\C/C=C\CCC(=O)OCC(COC(=O)CCCCCCCCCCCCCCCCCCC/C=C\C/C=C\CCCCCCC)OC(=O)CCCCCCC/C=C\C/C=C\CCCC. The lowest BCUT2D eigenvalue weighted by Gasteiger charge is -2.18. The second-order valence-corrected chi connectivity index (χ2v) is 20.6. The van der Waals surface area contributed by atoms with Gasteiger partial charge in [0.2, 0.25) is 0 Å². The molecule has 0 aromatic heterocycles. The lowest BCUT2D eigenvalue weighted by Crippen LogP contribution is -2.30. The van der Waals surface area contributed by atoms with Crippen LogP contribution in [0.25, 0.3) is 0 Å². The van der Waals surface area contributed by atoms with Gasteiger partial charge >= 0.3 is 17.9 Å². The van der Waals surface area contributed by atoms with Crippen LogP contribution in [-0.4, -0.2) is 37.2 Å². The largest absolute Gasteiger partial charge is 0.462 e. The van der Waals surface area contributed by atoms with Crippen LogP contribution < -0.4 is 0 Å². The molecule has 6 heteroatoms. The lowest BCUT2D eigenvalue weighted by molar-refractivity contribution is -0.166. The van der Waals surface area contributed by atoms with Gasteiger partial charge in [0, 0.05) is 19.3 Å². The molecule has 0 saturated carbocycles. The van der Waals surface area contributed by atoms with Gasteiger partial charge < -0.3 is 14.2 Å². The molecule has 74 heavy (non-hydrogen) atoms. The zero-order chi connectivity index (χ0) is 53.6. The normalized spacial score (nSPS) is 12.7. The van der Waals surface area contributed by atoms with Gasteiger partial charge in [-0.25, -0.2) is 0 Å². The molecular formula is C68H116O6. The zero-order valence-electron chi connectivity index (χ0n) is 48.6. The average Bonchev–Trinajstić information content (AvgIpc) is 3.40. The van der Waals surface area contributed by atoms with Crippen molar-refractivity contribution >= 4 is 17.9 Å². The highest BCUT2D eigenvalue weighted by Crippen LogP contribution is 2.16. The van der Waals surface area contributed by atoms with Gasteiger partial charge in [0.05, 0.1) is 0 Å². The van der Waals surface area contributed by atoms with E-state index in [2.05, 4.69) is 112 Å². The Balaban J connectivity index is 4.24. The molecule has 0 aromatic rings. The molecule has 0 amide bonds. The Morgan fingerprint density at radius 1 is 0.284 bits per heavy atom. The number of ether oxygens (including phenoxy) is 3. The predicted octanol–water partition coefficient (Wildman–Crippen LogP) is 21.3. The second kappa shape index (κ2) is 61.9. The van der Waals surface area contributed by atoms with Crippen molar-refractivity contribution in [2.24, 2.45) is 0 Å². The summed E-state index contributed by atoms with van der Waals surface area (Å²) in [6.07, 6.45) is 83.0. The predicted molar refractivity (Wildman–Crippen MR) is 320 cm³/mol. The van der Waals surface area contributed by atoms with E-state index in [0.29, 0.717) is 19.3 Å². The van der Waals surface area contributed by atoms with Crippen LogP contribution in [0, 0.1) is 0 Å². The van der Waals surface area contributed by atoms with Crippen molar-refractivity contribution in [3.05, 3.63) is 97.2 Å². The van der Waals surface area contributed by atoms with E-state index in [1.54, 1.807) is 0 Å². The van der Waals surface area contributed by atoms with E-state index < -0.39 is 6.10 Å². The van der Waals surface area contributed by atoms with Gasteiger partial charge in [-0.15, -0.1) is 0 Å². The van der Waals surface area contributed by atoms with Gasteiger partial charge in [0.1, 0.15) is 13.2 Å². The van der Waals surface area contributed by atoms with Crippen molar-refractivity contribution in [3.8, 4) is 0 Å². The maximum absolute atomic E-state index is 12.8. The van der Waals surface area contributed by atoms with Crippen LogP contribution in [0.4, 0.5) is 0 Å². The number of hydrogen-bond donors (Lipinski definition) is 0. The molecule has 0 heterocycles. The van der Waals surface area contributed by atoms with Crippen LogP contribution >= 0.6 is 0 Å². The Hall–Kier alpha value is -3.67. The molecule has 0 N–H and O–H groups in total. The van der Waals surface area contributed by atoms with E-state index in [1.165, 1.54) is 154 Å². The maximum Gasteiger partial charge on any atom is 0.306 e. The van der Waals surface area contributed by atoms with E-state index in [9.17, 15) is 14.4 Å². The fourth-order valence-corrected chi connectivity index (χ4v) is 8.62. The fourth-order valence-electron chi connectivity index (χ4n) is 8.62. The van der Waals surface area contributed by atoms with Crippen molar-refractivity contribution in [1.82, 2.24) is 0 Å². The Bertz CT molecular complexity index is 1460. The Morgan fingerprint density at radius 3 is 0.946 bits per heavy atom. The molecule has 0 aliphatic heterocycles. The minimum atomic E-state index is -0.814. The number of carbonyl (C=O) groups is 3. The standard InChI is InChI=1S/C68H116O6/c1-4-7-10-13-16-19-22-25-27-28-29-30-31-32-33-34-35-36-37-38-39-40-41-44-46-49-52-55-58-61-67(70)73-64-65(63-72-66(69)60-57-54-51-48-45-42-24-21-18-15-12-9-6-3)74-68(71)62-59-56-53-50-47-43-26-23-20-17-14-11-8-5-2/h9,12,14,17-18,21-23,25-26,28-29,42,45,51,54,65H,4-8,10-11,13,15-16,19-20,24,27,30-41,43-44,46-50,52-53,55-64H2,1-3H3/b12-9-,17-14-,21-18-,25-22-,26-23-,29-28-,45-42-,54-51-. The first kappa shape index (κ1) is 70.3. The minimum absolute atomic E-state index is 0.104. The Kier molecular flexibility index (Phi) is 58.8. The molecule has 424 valence electrons. The highest BCUT2D eigenvalue weighted by atomic mass is 16.6. The smallest absolute Gasteiger partial charge is 0.306 e.